The van der Waals surface area contributed by atoms with E-state index in [2.05, 4.69) is 5.32 Å². The van der Waals surface area contributed by atoms with Gasteiger partial charge in [0.25, 0.3) is 5.56 Å². The third kappa shape index (κ3) is 4.17. The number of amides is 1. The summed E-state index contributed by atoms with van der Waals surface area (Å²) < 4.78 is 29.3. The van der Waals surface area contributed by atoms with E-state index < -0.39 is 11.6 Å². The highest BCUT2D eigenvalue weighted by atomic mass is 32.2. The van der Waals surface area contributed by atoms with E-state index in [1.54, 1.807) is 18.7 Å². The third-order valence-electron chi connectivity index (χ3n) is 4.31. The molecule has 0 saturated heterocycles. The first-order chi connectivity index (χ1) is 13.4. The first kappa shape index (κ1) is 19.9. The lowest BCUT2D eigenvalue weighted by molar-refractivity contribution is -0.115. The van der Waals surface area contributed by atoms with E-state index in [4.69, 9.17) is 0 Å². The summed E-state index contributed by atoms with van der Waals surface area (Å²) in [7, 11) is 1.75. The zero-order valence-electron chi connectivity index (χ0n) is 15.4. The molecule has 1 heterocycles. The van der Waals surface area contributed by atoms with Crippen LogP contribution in [0.3, 0.4) is 0 Å². The van der Waals surface area contributed by atoms with Crippen molar-refractivity contribution in [1.82, 2.24) is 9.36 Å². The van der Waals surface area contributed by atoms with Gasteiger partial charge in [-0.1, -0.05) is 18.2 Å². The van der Waals surface area contributed by atoms with Crippen molar-refractivity contribution in [3.05, 3.63) is 76.2 Å². The van der Waals surface area contributed by atoms with E-state index in [0.29, 0.717) is 22.0 Å². The van der Waals surface area contributed by atoms with Crippen molar-refractivity contribution >= 4 is 23.4 Å². The number of halogens is 2. The number of thioether (sulfide) groups is 1. The highest BCUT2D eigenvalue weighted by Gasteiger charge is 2.18. The highest BCUT2D eigenvalue weighted by molar-refractivity contribution is 7.99. The lowest BCUT2D eigenvalue weighted by Gasteiger charge is -2.07. The molecule has 146 valence electrons. The van der Waals surface area contributed by atoms with Gasteiger partial charge in [0, 0.05) is 24.1 Å². The fourth-order valence-corrected chi connectivity index (χ4v) is 3.62. The highest BCUT2D eigenvalue weighted by Crippen LogP contribution is 2.21. The van der Waals surface area contributed by atoms with Crippen LogP contribution in [0.25, 0.3) is 5.69 Å². The van der Waals surface area contributed by atoms with Crippen LogP contribution in [0.2, 0.25) is 0 Å². The minimum absolute atomic E-state index is 0.128. The summed E-state index contributed by atoms with van der Waals surface area (Å²) in [5.41, 5.74) is 1.25. The maximum Gasteiger partial charge on any atom is 0.295 e. The van der Waals surface area contributed by atoms with Crippen LogP contribution < -0.4 is 10.9 Å². The number of nitrogens with zero attached hydrogens (tertiary/aromatic N) is 2. The molecule has 0 aliphatic heterocycles. The SMILES string of the molecule is Cc1c(NC(=O)CCSc2ccc(F)c(F)c2)c(=O)n(-c2ccccc2)n1C. The van der Waals surface area contributed by atoms with Crippen LogP contribution in [-0.2, 0) is 11.8 Å². The van der Waals surface area contributed by atoms with Crippen LogP contribution in [-0.4, -0.2) is 21.0 Å². The Morgan fingerprint density at radius 1 is 1.11 bits per heavy atom. The molecule has 0 aliphatic rings. The Morgan fingerprint density at radius 2 is 1.82 bits per heavy atom. The average molecular weight is 403 g/mol. The van der Waals surface area contributed by atoms with Crippen LogP contribution in [0.15, 0.2) is 58.2 Å². The zero-order chi connectivity index (χ0) is 20.3. The van der Waals surface area contributed by atoms with Gasteiger partial charge in [0.2, 0.25) is 5.91 Å². The molecule has 2 aromatic carbocycles. The normalized spacial score (nSPS) is 10.9. The molecule has 28 heavy (non-hydrogen) atoms. The summed E-state index contributed by atoms with van der Waals surface area (Å²) >= 11 is 1.24. The number of hydrogen-bond donors (Lipinski definition) is 1. The molecule has 1 amide bonds. The second-order valence-corrected chi connectivity index (χ2v) is 7.33. The molecule has 0 spiro atoms. The van der Waals surface area contributed by atoms with Crippen LogP contribution in [0.5, 0.6) is 0 Å². The van der Waals surface area contributed by atoms with E-state index in [1.807, 2.05) is 30.3 Å². The minimum atomic E-state index is -0.921. The number of aromatic nitrogens is 2. The molecule has 0 saturated carbocycles. The predicted molar refractivity (Wildman–Crippen MR) is 106 cm³/mol. The van der Waals surface area contributed by atoms with Gasteiger partial charge >= 0.3 is 0 Å². The largest absolute Gasteiger partial charge is 0.320 e. The summed E-state index contributed by atoms with van der Waals surface area (Å²) in [5.74, 6) is -1.77. The van der Waals surface area contributed by atoms with E-state index in [1.165, 1.54) is 22.5 Å². The molecule has 3 aromatic rings. The Labute approximate surface area is 165 Å². The Balaban J connectivity index is 1.67. The van der Waals surface area contributed by atoms with Gasteiger partial charge in [0.15, 0.2) is 11.6 Å². The number of hydrogen-bond acceptors (Lipinski definition) is 3. The van der Waals surface area contributed by atoms with Gasteiger partial charge in [0.1, 0.15) is 5.69 Å². The molecule has 0 fully saturated rings. The van der Waals surface area contributed by atoms with Crippen molar-refractivity contribution in [2.24, 2.45) is 7.05 Å². The summed E-state index contributed by atoms with van der Waals surface area (Å²) in [4.78, 5) is 25.6. The van der Waals surface area contributed by atoms with Crippen LogP contribution in [0.1, 0.15) is 12.1 Å². The van der Waals surface area contributed by atoms with Crippen molar-refractivity contribution in [2.45, 2.75) is 18.2 Å². The molecule has 0 radical (unpaired) electrons. The molecule has 1 N–H and O–H groups in total. The molecule has 0 bridgehead atoms. The predicted octanol–water partition coefficient (Wildman–Crippen LogP) is 3.88. The van der Waals surface area contributed by atoms with Gasteiger partial charge in [-0.2, -0.15) is 0 Å². The number of carbonyl (C=O) groups is 1. The lowest BCUT2D eigenvalue weighted by Crippen LogP contribution is -2.23. The smallest absolute Gasteiger partial charge is 0.295 e. The van der Waals surface area contributed by atoms with E-state index >= 15 is 0 Å². The van der Waals surface area contributed by atoms with Gasteiger partial charge in [0.05, 0.1) is 11.4 Å². The van der Waals surface area contributed by atoms with E-state index in [0.717, 1.165) is 12.1 Å². The van der Waals surface area contributed by atoms with Crippen LogP contribution >= 0.6 is 11.8 Å². The molecule has 8 heteroatoms. The van der Waals surface area contributed by atoms with E-state index in [9.17, 15) is 18.4 Å². The molecule has 0 aliphatic carbocycles. The maximum absolute atomic E-state index is 13.2. The second kappa shape index (κ2) is 8.43. The Kier molecular flexibility index (Phi) is 5.99. The number of benzene rings is 2. The zero-order valence-corrected chi connectivity index (χ0v) is 16.2. The van der Waals surface area contributed by atoms with Crippen LogP contribution in [0, 0.1) is 18.6 Å². The van der Waals surface area contributed by atoms with Crippen molar-refractivity contribution < 1.29 is 13.6 Å². The fraction of sp³-hybridized carbons (Fsp3) is 0.200. The van der Waals surface area contributed by atoms with Gasteiger partial charge in [-0.05, 0) is 37.3 Å². The monoisotopic (exact) mass is 403 g/mol. The summed E-state index contributed by atoms with van der Waals surface area (Å²) in [6.07, 6.45) is 0.128. The van der Waals surface area contributed by atoms with Gasteiger partial charge in [-0.25, -0.2) is 13.5 Å². The molecular formula is C20H19F2N3O2S. The molecule has 1 aromatic heterocycles. The minimum Gasteiger partial charge on any atom is -0.320 e. The number of nitrogens with one attached hydrogen (secondary N) is 1. The maximum atomic E-state index is 13.2. The number of rotatable bonds is 6. The van der Waals surface area contributed by atoms with Gasteiger partial charge < -0.3 is 5.32 Å². The topological polar surface area (TPSA) is 56.0 Å². The molecule has 0 unspecified atom stereocenters. The number of para-hydroxylation sites is 1. The summed E-state index contributed by atoms with van der Waals surface area (Å²) in [5, 5.41) is 2.68. The Hall–Kier alpha value is -2.87. The van der Waals surface area contributed by atoms with Crippen molar-refractivity contribution in [1.29, 1.82) is 0 Å². The Bertz CT molecular complexity index is 1060. The molecular weight excluding hydrogens is 384 g/mol. The second-order valence-electron chi connectivity index (χ2n) is 6.16. The number of carbonyl (C=O) groups excluding carboxylic acids is 1. The van der Waals surface area contributed by atoms with Crippen molar-refractivity contribution in [2.75, 3.05) is 11.1 Å². The first-order valence-electron chi connectivity index (χ1n) is 8.60. The molecule has 0 atom stereocenters. The lowest BCUT2D eigenvalue weighted by atomic mass is 10.3. The summed E-state index contributed by atoms with van der Waals surface area (Å²) in [6.45, 7) is 1.76. The molecule has 3 rings (SSSR count). The first-order valence-corrected chi connectivity index (χ1v) is 9.58. The third-order valence-corrected chi connectivity index (χ3v) is 5.30. The fourth-order valence-electron chi connectivity index (χ4n) is 2.74. The van der Waals surface area contributed by atoms with Crippen molar-refractivity contribution in [3.63, 3.8) is 0 Å². The summed E-state index contributed by atoms with van der Waals surface area (Å²) in [6, 6.07) is 12.7. The quantitative estimate of drug-likeness (QED) is 0.636. The standard InChI is InChI=1S/C20H19F2N3O2S/c1-13-19(20(27)25(24(13)2)14-6-4-3-5-7-14)23-18(26)10-11-28-15-8-9-16(21)17(22)12-15/h3-9,12H,10-11H2,1-2H3,(H,23,26). The number of anilines is 1. The van der Waals surface area contributed by atoms with Gasteiger partial charge in [-0.3, -0.25) is 14.3 Å². The molecule has 5 nitrogen and oxygen atoms in total. The Morgan fingerprint density at radius 3 is 2.50 bits per heavy atom. The van der Waals surface area contributed by atoms with E-state index in [-0.39, 0.29) is 23.6 Å². The van der Waals surface area contributed by atoms with Gasteiger partial charge in [-0.15, -0.1) is 11.8 Å². The van der Waals surface area contributed by atoms with Crippen molar-refractivity contribution in [3.8, 4) is 5.69 Å². The van der Waals surface area contributed by atoms with Crippen LogP contribution in [0.4, 0.5) is 14.5 Å². The average Bonchev–Trinajstić information content (AvgIpc) is 2.88.